The molecule has 0 aromatic carbocycles. The Morgan fingerprint density at radius 2 is 1.83 bits per heavy atom. The maximum absolute atomic E-state index is 13.0. The molecule has 1 rings (SSSR count). The number of halogens is 3. The number of nitrogens with zero attached hydrogens (tertiary/aromatic N) is 1. The van der Waals surface area contributed by atoms with Gasteiger partial charge in [0.2, 0.25) is 0 Å². The first-order valence-corrected chi connectivity index (χ1v) is 6.58. The zero-order valence-corrected chi connectivity index (χ0v) is 11.0. The van der Waals surface area contributed by atoms with Gasteiger partial charge in [0.1, 0.15) is 6.04 Å². The summed E-state index contributed by atoms with van der Waals surface area (Å²) in [5, 5.41) is 0. The normalized spacial score (nSPS) is 23.0. The predicted octanol–water partition coefficient (Wildman–Crippen LogP) is 2.16. The summed E-state index contributed by atoms with van der Waals surface area (Å²) in [4.78, 5) is 1.46. The number of alkyl halides is 3. The molecule has 2 atom stereocenters. The van der Waals surface area contributed by atoms with Crippen LogP contribution < -0.4 is 5.73 Å². The minimum atomic E-state index is -4.26. The number of hydrogen-bond donors (Lipinski definition) is 1. The SMILES string of the molecule is CCOC1CCN(C(C(N)CC)C(F)(F)F)CC1. The van der Waals surface area contributed by atoms with Gasteiger partial charge in [-0.3, -0.25) is 4.90 Å². The van der Waals surface area contributed by atoms with Gasteiger partial charge in [-0.05, 0) is 26.2 Å². The largest absolute Gasteiger partial charge is 0.405 e. The summed E-state index contributed by atoms with van der Waals surface area (Å²) in [6.07, 6.45) is -2.53. The van der Waals surface area contributed by atoms with Crippen molar-refractivity contribution in [1.29, 1.82) is 0 Å². The van der Waals surface area contributed by atoms with Gasteiger partial charge in [-0.1, -0.05) is 6.92 Å². The van der Waals surface area contributed by atoms with Crippen molar-refractivity contribution < 1.29 is 17.9 Å². The molecule has 1 aliphatic rings. The third kappa shape index (κ3) is 4.10. The average molecular weight is 268 g/mol. The Bertz CT molecular complexity index is 240. The van der Waals surface area contributed by atoms with Crippen molar-refractivity contribution in [2.24, 2.45) is 5.73 Å². The molecule has 1 saturated heterocycles. The Balaban J connectivity index is 2.61. The lowest BCUT2D eigenvalue weighted by atomic mass is 9.99. The summed E-state index contributed by atoms with van der Waals surface area (Å²) in [6.45, 7) is 5.02. The Hall–Kier alpha value is -0.330. The van der Waals surface area contributed by atoms with Gasteiger partial charge < -0.3 is 10.5 Å². The molecule has 0 bridgehead atoms. The van der Waals surface area contributed by atoms with Crippen molar-refractivity contribution in [2.75, 3.05) is 19.7 Å². The van der Waals surface area contributed by atoms with E-state index in [9.17, 15) is 13.2 Å². The van der Waals surface area contributed by atoms with Crippen molar-refractivity contribution in [3.05, 3.63) is 0 Å². The molecule has 6 heteroatoms. The lowest BCUT2D eigenvalue weighted by Crippen LogP contribution is -2.58. The summed E-state index contributed by atoms with van der Waals surface area (Å²) in [7, 11) is 0. The van der Waals surface area contributed by atoms with Gasteiger partial charge >= 0.3 is 6.18 Å². The molecule has 3 nitrogen and oxygen atoms in total. The van der Waals surface area contributed by atoms with Crippen LogP contribution in [0.2, 0.25) is 0 Å². The molecule has 18 heavy (non-hydrogen) atoms. The molecule has 0 saturated carbocycles. The van der Waals surface area contributed by atoms with Crippen molar-refractivity contribution in [3.8, 4) is 0 Å². The van der Waals surface area contributed by atoms with Gasteiger partial charge in [-0.25, -0.2) is 0 Å². The minimum Gasteiger partial charge on any atom is -0.378 e. The van der Waals surface area contributed by atoms with Crippen LogP contribution >= 0.6 is 0 Å². The van der Waals surface area contributed by atoms with E-state index in [0.717, 1.165) is 0 Å². The van der Waals surface area contributed by atoms with E-state index in [0.29, 0.717) is 39.0 Å². The predicted molar refractivity (Wildman–Crippen MR) is 64.3 cm³/mol. The van der Waals surface area contributed by atoms with Crippen molar-refractivity contribution in [3.63, 3.8) is 0 Å². The second kappa shape index (κ2) is 6.73. The zero-order valence-electron chi connectivity index (χ0n) is 11.0. The van der Waals surface area contributed by atoms with E-state index in [4.69, 9.17) is 10.5 Å². The molecule has 1 heterocycles. The van der Waals surface area contributed by atoms with Crippen LogP contribution in [0.3, 0.4) is 0 Å². The topological polar surface area (TPSA) is 38.5 Å². The first-order valence-electron chi connectivity index (χ1n) is 6.58. The van der Waals surface area contributed by atoms with E-state index >= 15 is 0 Å². The van der Waals surface area contributed by atoms with E-state index in [-0.39, 0.29) is 6.10 Å². The lowest BCUT2D eigenvalue weighted by Gasteiger charge is -2.40. The number of likely N-dealkylation sites (tertiary alicyclic amines) is 1. The van der Waals surface area contributed by atoms with Crippen LogP contribution in [-0.2, 0) is 4.74 Å². The van der Waals surface area contributed by atoms with E-state index in [2.05, 4.69) is 0 Å². The molecule has 0 radical (unpaired) electrons. The van der Waals surface area contributed by atoms with Gasteiger partial charge in [0.15, 0.2) is 0 Å². The van der Waals surface area contributed by atoms with Crippen LogP contribution in [0.5, 0.6) is 0 Å². The third-order valence-electron chi connectivity index (χ3n) is 3.48. The smallest absolute Gasteiger partial charge is 0.378 e. The average Bonchev–Trinajstić information content (AvgIpc) is 2.30. The molecule has 108 valence electrons. The summed E-state index contributed by atoms with van der Waals surface area (Å²) in [5.74, 6) is 0. The summed E-state index contributed by atoms with van der Waals surface area (Å²) in [6, 6.07) is -2.38. The highest BCUT2D eigenvalue weighted by atomic mass is 19.4. The Labute approximate surface area is 106 Å². The maximum Gasteiger partial charge on any atom is 0.405 e. The molecular formula is C12H23F3N2O. The molecular weight excluding hydrogens is 245 g/mol. The van der Waals surface area contributed by atoms with Gasteiger partial charge in [-0.15, -0.1) is 0 Å². The van der Waals surface area contributed by atoms with E-state index in [1.807, 2.05) is 6.92 Å². The van der Waals surface area contributed by atoms with Crippen LogP contribution in [0.4, 0.5) is 13.2 Å². The molecule has 0 aromatic rings. The van der Waals surface area contributed by atoms with Crippen LogP contribution in [0, 0.1) is 0 Å². The molecule has 0 aromatic heterocycles. The Kier molecular flexibility index (Phi) is 5.88. The third-order valence-corrected chi connectivity index (χ3v) is 3.48. The monoisotopic (exact) mass is 268 g/mol. The molecule has 0 spiro atoms. The van der Waals surface area contributed by atoms with Gasteiger partial charge in [0.25, 0.3) is 0 Å². The first-order chi connectivity index (χ1) is 8.40. The van der Waals surface area contributed by atoms with Crippen LogP contribution in [-0.4, -0.2) is 49.0 Å². The number of hydrogen-bond acceptors (Lipinski definition) is 3. The summed E-state index contributed by atoms with van der Waals surface area (Å²) < 4.78 is 44.5. The maximum atomic E-state index is 13.0. The lowest BCUT2D eigenvalue weighted by molar-refractivity contribution is -0.194. The quantitative estimate of drug-likeness (QED) is 0.830. The van der Waals surface area contributed by atoms with E-state index in [1.54, 1.807) is 6.92 Å². The standard InChI is InChI=1S/C12H23F3N2O/c1-3-10(16)11(12(13,14)15)17-7-5-9(6-8-17)18-4-2/h9-11H,3-8,16H2,1-2H3. The van der Waals surface area contributed by atoms with Gasteiger partial charge in [0.05, 0.1) is 6.10 Å². The fraction of sp³-hybridized carbons (Fsp3) is 1.00. The number of rotatable bonds is 5. The molecule has 1 fully saturated rings. The molecule has 0 aliphatic carbocycles. The number of ether oxygens (including phenoxy) is 1. The fourth-order valence-electron chi connectivity index (χ4n) is 2.50. The van der Waals surface area contributed by atoms with Crippen LogP contribution in [0.15, 0.2) is 0 Å². The van der Waals surface area contributed by atoms with Crippen molar-refractivity contribution in [2.45, 2.75) is 57.5 Å². The van der Waals surface area contributed by atoms with Crippen molar-refractivity contribution >= 4 is 0 Å². The Morgan fingerprint density at radius 3 is 2.22 bits per heavy atom. The highest BCUT2D eigenvalue weighted by Crippen LogP contribution is 2.30. The number of piperidine rings is 1. The van der Waals surface area contributed by atoms with Crippen LogP contribution in [0.1, 0.15) is 33.1 Å². The van der Waals surface area contributed by atoms with Gasteiger partial charge in [0, 0.05) is 25.7 Å². The molecule has 0 amide bonds. The first kappa shape index (κ1) is 15.7. The van der Waals surface area contributed by atoms with E-state index in [1.165, 1.54) is 4.90 Å². The second-order valence-corrected chi connectivity index (χ2v) is 4.75. The molecule has 2 unspecified atom stereocenters. The van der Waals surface area contributed by atoms with E-state index < -0.39 is 18.3 Å². The molecule has 1 aliphatic heterocycles. The minimum absolute atomic E-state index is 0.0954. The highest BCUT2D eigenvalue weighted by Gasteiger charge is 2.47. The van der Waals surface area contributed by atoms with Crippen molar-refractivity contribution in [1.82, 2.24) is 4.90 Å². The summed E-state index contributed by atoms with van der Waals surface area (Å²) >= 11 is 0. The number of nitrogens with two attached hydrogens (primary N) is 1. The fourth-order valence-corrected chi connectivity index (χ4v) is 2.50. The second-order valence-electron chi connectivity index (χ2n) is 4.75. The Morgan fingerprint density at radius 1 is 1.28 bits per heavy atom. The van der Waals surface area contributed by atoms with Gasteiger partial charge in [-0.2, -0.15) is 13.2 Å². The zero-order chi connectivity index (χ0) is 13.8. The highest BCUT2D eigenvalue weighted by molar-refractivity contribution is 4.90. The summed E-state index contributed by atoms with van der Waals surface area (Å²) in [5.41, 5.74) is 5.63. The van der Waals surface area contributed by atoms with Crippen LogP contribution in [0.25, 0.3) is 0 Å². The molecule has 2 N–H and O–H groups in total.